The molecule has 0 bridgehead atoms. The van der Waals surface area contributed by atoms with Crippen LogP contribution in [0.3, 0.4) is 0 Å². The third-order valence-corrected chi connectivity index (χ3v) is 5.56. The molecule has 0 aliphatic rings. The first kappa shape index (κ1) is 22.3. The second-order valence-electron chi connectivity index (χ2n) is 6.19. The number of hydrogen-bond donors (Lipinski definition) is 1. The maximum atomic E-state index is 13.0. The number of non-ortho nitro benzene ring substituents is 1. The van der Waals surface area contributed by atoms with Gasteiger partial charge in [0.1, 0.15) is 10.6 Å². The summed E-state index contributed by atoms with van der Waals surface area (Å²) < 4.78 is 38.6. The summed E-state index contributed by atoms with van der Waals surface area (Å²) in [7, 11) is -2.77. The number of nitrogens with one attached hydrogen (secondary N) is 1. The lowest BCUT2D eigenvalue weighted by atomic mass is 10.0. The van der Waals surface area contributed by atoms with Crippen LogP contribution in [0.2, 0.25) is 0 Å². The fourth-order valence-electron chi connectivity index (χ4n) is 2.71. The predicted molar refractivity (Wildman–Crippen MR) is 105 cm³/mol. The molecule has 2 rings (SSSR count). The molecule has 0 saturated carbocycles. The monoisotopic (exact) mass is 422 g/mol. The third-order valence-electron chi connectivity index (χ3n) is 4.07. The SMILES string of the molecule is CCOC(=O)C[C@H](NS(=O)(=O)c1cc(C)ccc1OC)c1cccc([N+](=O)[O-])c1. The average molecular weight is 422 g/mol. The van der Waals surface area contributed by atoms with Crippen molar-refractivity contribution in [1.82, 2.24) is 4.72 Å². The van der Waals surface area contributed by atoms with Crippen LogP contribution < -0.4 is 9.46 Å². The lowest BCUT2D eigenvalue weighted by molar-refractivity contribution is -0.384. The Balaban J connectivity index is 2.47. The van der Waals surface area contributed by atoms with Gasteiger partial charge in [0.25, 0.3) is 5.69 Å². The van der Waals surface area contributed by atoms with E-state index in [0.29, 0.717) is 5.56 Å². The molecular weight excluding hydrogens is 400 g/mol. The Kier molecular flexibility index (Phi) is 7.29. The van der Waals surface area contributed by atoms with E-state index in [1.165, 1.54) is 43.5 Å². The summed E-state index contributed by atoms with van der Waals surface area (Å²) in [5.41, 5.74) is 0.745. The van der Waals surface area contributed by atoms with Crippen molar-refractivity contribution in [3.8, 4) is 5.75 Å². The van der Waals surface area contributed by atoms with Gasteiger partial charge in [-0.2, -0.15) is 0 Å². The Labute approximate surface area is 168 Å². The van der Waals surface area contributed by atoms with Crippen molar-refractivity contribution in [2.75, 3.05) is 13.7 Å². The van der Waals surface area contributed by atoms with Gasteiger partial charge in [0.05, 0.1) is 31.1 Å². The molecule has 0 heterocycles. The maximum Gasteiger partial charge on any atom is 0.307 e. The smallest absolute Gasteiger partial charge is 0.307 e. The van der Waals surface area contributed by atoms with Crippen LogP contribution in [-0.2, 0) is 19.6 Å². The number of benzene rings is 2. The summed E-state index contributed by atoms with van der Waals surface area (Å²) in [4.78, 5) is 22.4. The second kappa shape index (κ2) is 9.48. The van der Waals surface area contributed by atoms with Gasteiger partial charge in [0.2, 0.25) is 10.0 Å². The molecule has 10 heteroatoms. The number of nitro groups is 1. The average Bonchev–Trinajstić information content (AvgIpc) is 2.67. The summed E-state index contributed by atoms with van der Waals surface area (Å²) in [6, 6.07) is 9.04. The maximum absolute atomic E-state index is 13.0. The Morgan fingerprint density at radius 3 is 2.59 bits per heavy atom. The van der Waals surface area contributed by atoms with Gasteiger partial charge in [-0.05, 0) is 37.1 Å². The van der Waals surface area contributed by atoms with Crippen LogP contribution in [0.15, 0.2) is 47.4 Å². The van der Waals surface area contributed by atoms with Crippen LogP contribution >= 0.6 is 0 Å². The van der Waals surface area contributed by atoms with Gasteiger partial charge < -0.3 is 9.47 Å². The van der Waals surface area contributed by atoms with E-state index in [-0.39, 0.29) is 34.9 Å². The zero-order chi connectivity index (χ0) is 21.6. The molecular formula is C19H22N2O7S. The number of sulfonamides is 1. The number of nitrogens with zero attached hydrogens (tertiary/aromatic N) is 1. The molecule has 2 aromatic rings. The predicted octanol–water partition coefficient (Wildman–Crippen LogP) is 2.88. The number of methoxy groups -OCH3 is 1. The molecule has 2 aromatic carbocycles. The first-order valence-electron chi connectivity index (χ1n) is 8.75. The molecule has 1 atom stereocenters. The Morgan fingerprint density at radius 2 is 1.97 bits per heavy atom. The molecule has 0 aliphatic heterocycles. The number of esters is 1. The highest BCUT2D eigenvalue weighted by molar-refractivity contribution is 7.89. The van der Waals surface area contributed by atoms with Crippen LogP contribution in [0.5, 0.6) is 5.75 Å². The van der Waals surface area contributed by atoms with Crippen molar-refractivity contribution < 1.29 is 27.6 Å². The quantitative estimate of drug-likeness (QED) is 0.374. The zero-order valence-corrected chi connectivity index (χ0v) is 17.1. The van der Waals surface area contributed by atoms with Gasteiger partial charge in [-0.15, -0.1) is 0 Å². The molecule has 0 amide bonds. The first-order chi connectivity index (χ1) is 13.7. The molecule has 0 unspecified atom stereocenters. The number of rotatable bonds is 9. The molecule has 29 heavy (non-hydrogen) atoms. The van der Waals surface area contributed by atoms with Gasteiger partial charge in [-0.25, -0.2) is 13.1 Å². The van der Waals surface area contributed by atoms with Gasteiger partial charge in [-0.3, -0.25) is 14.9 Å². The third kappa shape index (κ3) is 5.75. The van der Waals surface area contributed by atoms with Gasteiger partial charge >= 0.3 is 5.97 Å². The van der Waals surface area contributed by atoms with Crippen molar-refractivity contribution in [3.63, 3.8) is 0 Å². The molecule has 0 radical (unpaired) electrons. The summed E-state index contributed by atoms with van der Waals surface area (Å²) in [6.45, 7) is 3.48. The fraction of sp³-hybridized carbons (Fsp3) is 0.316. The van der Waals surface area contributed by atoms with Gasteiger partial charge in [-0.1, -0.05) is 18.2 Å². The highest BCUT2D eigenvalue weighted by Gasteiger charge is 2.27. The van der Waals surface area contributed by atoms with Crippen molar-refractivity contribution in [3.05, 3.63) is 63.7 Å². The van der Waals surface area contributed by atoms with E-state index in [1.807, 2.05) is 0 Å². The van der Waals surface area contributed by atoms with Crippen LogP contribution in [0, 0.1) is 17.0 Å². The molecule has 0 aliphatic carbocycles. The molecule has 0 saturated heterocycles. The number of aryl methyl sites for hydroxylation is 1. The molecule has 0 spiro atoms. The van der Waals surface area contributed by atoms with Crippen molar-refractivity contribution in [2.45, 2.75) is 31.2 Å². The van der Waals surface area contributed by atoms with E-state index in [9.17, 15) is 23.3 Å². The van der Waals surface area contributed by atoms with Crippen molar-refractivity contribution in [2.24, 2.45) is 0 Å². The van der Waals surface area contributed by atoms with Crippen LogP contribution in [-0.4, -0.2) is 33.0 Å². The van der Waals surface area contributed by atoms with Crippen LogP contribution in [0.1, 0.15) is 30.5 Å². The van der Waals surface area contributed by atoms with Crippen molar-refractivity contribution >= 4 is 21.7 Å². The van der Waals surface area contributed by atoms with E-state index in [2.05, 4.69) is 4.72 Å². The fourth-order valence-corrected chi connectivity index (χ4v) is 4.19. The van der Waals surface area contributed by atoms with Crippen LogP contribution in [0.4, 0.5) is 5.69 Å². The minimum absolute atomic E-state index is 0.0979. The first-order valence-corrected chi connectivity index (χ1v) is 10.2. The summed E-state index contributed by atoms with van der Waals surface area (Å²) >= 11 is 0. The van der Waals surface area contributed by atoms with Gasteiger partial charge in [0, 0.05) is 12.1 Å². The minimum Gasteiger partial charge on any atom is -0.495 e. The van der Waals surface area contributed by atoms with Gasteiger partial charge in [0.15, 0.2) is 0 Å². The lowest BCUT2D eigenvalue weighted by Crippen LogP contribution is -2.31. The standard InChI is InChI=1S/C19H22N2O7S/c1-4-28-19(22)12-16(14-6-5-7-15(11-14)21(23)24)20-29(25,26)18-10-13(2)8-9-17(18)27-3/h5-11,16,20H,4,12H2,1-3H3/t16-/m0/s1. The number of ether oxygens (including phenoxy) is 2. The highest BCUT2D eigenvalue weighted by atomic mass is 32.2. The van der Waals surface area contributed by atoms with E-state index in [0.717, 1.165) is 0 Å². The highest BCUT2D eigenvalue weighted by Crippen LogP contribution is 2.28. The number of carbonyl (C=O) groups is 1. The Bertz CT molecular complexity index is 1010. The van der Waals surface area contributed by atoms with E-state index in [1.54, 1.807) is 19.9 Å². The molecule has 9 nitrogen and oxygen atoms in total. The molecule has 0 aromatic heterocycles. The second-order valence-corrected chi connectivity index (χ2v) is 7.87. The topological polar surface area (TPSA) is 125 Å². The normalized spacial score (nSPS) is 12.2. The molecule has 156 valence electrons. The molecule has 1 N–H and O–H groups in total. The summed E-state index contributed by atoms with van der Waals surface area (Å²) in [5.74, 6) is -0.500. The number of nitro benzene ring substituents is 1. The van der Waals surface area contributed by atoms with E-state index in [4.69, 9.17) is 9.47 Å². The van der Waals surface area contributed by atoms with Crippen molar-refractivity contribution in [1.29, 1.82) is 0 Å². The number of carbonyl (C=O) groups excluding carboxylic acids is 1. The Morgan fingerprint density at radius 1 is 1.24 bits per heavy atom. The largest absolute Gasteiger partial charge is 0.495 e. The lowest BCUT2D eigenvalue weighted by Gasteiger charge is -2.19. The summed E-state index contributed by atoms with van der Waals surface area (Å²) in [6.07, 6.45) is -0.331. The number of hydrogen-bond acceptors (Lipinski definition) is 7. The Hall–Kier alpha value is -2.98. The minimum atomic E-state index is -4.12. The molecule has 0 fully saturated rings. The summed E-state index contributed by atoms with van der Waals surface area (Å²) in [5, 5.41) is 11.1. The van der Waals surface area contributed by atoms with E-state index >= 15 is 0 Å². The van der Waals surface area contributed by atoms with E-state index < -0.39 is 27.0 Å². The zero-order valence-electron chi connectivity index (χ0n) is 16.2. The van der Waals surface area contributed by atoms with Crippen LogP contribution in [0.25, 0.3) is 0 Å².